The fourth-order valence-electron chi connectivity index (χ4n) is 3.39. The normalized spacial score (nSPS) is 38.4. The zero-order valence-corrected chi connectivity index (χ0v) is 19.8. The quantitative estimate of drug-likeness (QED) is 0.127. The van der Waals surface area contributed by atoms with Gasteiger partial charge in [-0.2, -0.15) is 4.31 Å². The molecule has 36 heavy (non-hydrogen) atoms. The molecule has 0 bridgehead atoms. The number of nitrogens with two attached hydrogens (primary N) is 1. The van der Waals surface area contributed by atoms with E-state index in [1.165, 1.54) is 0 Å². The predicted octanol–water partition coefficient (Wildman–Crippen LogP) is -4.83. The molecule has 0 saturated carbocycles. The van der Waals surface area contributed by atoms with Crippen LogP contribution in [-0.2, 0) is 32.0 Å². The standard InChI is InChI=1S/C15H25N3O16P2/c16-3-5-8(20)10(22)12(24)14(32-5)33-36(28,29)34-35(26,27)30-4-6-9(21)11(23)13(31-6)18-2-1-7(19)17-15(18)25/h1-2,5-6,8-14,20-24H,3-4,16H2,(H,26,27)(H,28,29)(H,17,19,25)/t5?,6?,8-,9?,10-,11?,12?,13?,14+/m0/s1. The van der Waals surface area contributed by atoms with Gasteiger partial charge < -0.3 is 50.5 Å². The Morgan fingerprint density at radius 1 is 0.944 bits per heavy atom. The lowest BCUT2D eigenvalue weighted by molar-refractivity contribution is -0.273. The first kappa shape index (κ1) is 29.2. The lowest BCUT2D eigenvalue weighted by Gasteiger charge is -2.39. The monoisotopic (exact) mass is 565 g/mol. The first-order valence-corrected chi connectivity index (χ1v) is 13.1. The van der Waals surface area contributed by atoms with E-state index in [9.17, 15) is 54.0 Å². The maximum atomic E-state index is 12.2. The van der Waals surface area contributed by atoms with Gasteiger partial charge in [0, 0.05) is 18.8 Å². The summed E-state index contributed by atoms with van der Waals surface area (Å²) in [5.74, 6) is 0. The van der Waals surface area contributed by atoms with Gasteiger partial charge in [-0.15, -0.1) is 0 Å². The van der Waals surface area contributed by atoms with Crippen LogP contribution < -0.4 is 17.0 Å². The number of aliphatic hydroxyl groups is 5. The molecular formula is C15H25N3O16P2. The highest BCUT2D eigenvalue weighted by Crippen LogP contribution is 2.61. The SMILES string of the molecule is NCC1O[C@H](OP(=O)(O)OP(=O)(O)OCC2OC(n3ccc(=O)[nH]c3=O)C(O)C2O)C(O)[C@@H](O)[C@H]1O. The van der Waals surface area contributed by atoms with E-state index in [-0.39, 0.29) is 0 Å². The Morgan fingerprint density at radius 3 is 2.19 bits per heavy atom. The number of nitrogens with one attached hydrogen (secondary N) is 1. The van der Waals surface area contributed by atoms with Crippen molar-refractivity contribution in [1.29, 1.82) is 0 Å². The van der Waals surface area contributed by atoms with Crippen LogP contribution >= 0.6 is 15.6 Å². The largest absolute Gasteiger partial charge is 0.483 e. The molecule has 3 heterocycles. The third-order valence-electron chi connectivity index (χ3n) is 5.21. The van der Waals surface area contributed by atoms with E-state index in [1.54, 1.807) is 0 Å². The van der Waals surface area contributed by atoms with Gasteiger partial charge in [0.2, 0.25) is 0 Å². The van der Waals surface area contributed by atoms with E-state index >= 15 is 0 Å². The lowest BCUT2D eigenvalue weighted by Crippen LogP contribution is -2.59. The number of phosphoric acid groups is 2. The molecule has 3 rings (SSSR count). The molecule has 0 aliphatic carbocycles. The van der Waals surface area contributed by atoms with Crippen LogP contribution in [0.5, 0.6) is 0 Å². The Labute approximate surface area is 200 Å². The van der Waals surface area contributed by atoms with Crippen molar-refractivity contribution in [2.24, 2.45) is 5.73 Å². The fraction of sp³-hybridized carbons (Fsp3) is 0.733. The average molecular weight is 565 g/mol. The second kappa shape index (κ2) is 11.2. The van der Waals surface area contributed by atoms with E-state index in [4.69, 9.17) is 15.2 Å². The molecule has 2 fully saturated rings. The number of hydrogen-bond donors (Lipinski definition) is 9. The van der Waals surface area contributed by atoms with Crippen LogP contribution in [0.15, 0.2) is 21.9 Å². The second-order valence-electron chi connectivity index (χ2n) is 7.73. The average Bonchev–Trinajstić information content (AvgIpc) is 3.06. The molecule has 2 aliphatic heterocycles. The van der Waals surface area contributed by atoms with Crippen LogP contribution in [0.3, 0.4) is 0 Å². The van der Waals surface area contributed by atoms with Crippen molar-refractivity contribution in [1.82, 2.24) is 9.55 Å². The summed E-state index contributed by atoms with van der Waals surface area (Å²) < 4.78 is 48.4. The highest BCUT2D eigenvalue weighted by molar-refractivity contribution is 7.61. The molecule has 0 aromatic carbocycles. The minimum absolute atomic E-state index is 0.398. The van der Waals surface area contributed by atoms with Gasteiger partial charge in [0.15, 0.2) is 12.5 Å². The van der Waals surface area contributed by atoms with E-state index in [0.717, 1.165) is 16.8 Å². The van der Waals surface area contributed by atoms with Crippen molar-refractivity contribution in [3.05, 3.63) is 33.1 Å². The molecule has 1 aromatic rings. The van der Waals surface area contributed by atoms with Crippen LogP contribution in [0.1, 0.15) is 6.23 Å². The molecule has 206 valence electrons. The molecular weight excluding hydrogens is 540 g/mol. The van der Waals surface area contributed by atoms with E-state index in [0.29, 0.717) is 0 Å². The number of rotatable bonds is 9. The Balaban J connectivity index is 1.61. The number of aromatic amines is 1. The summed E-state index contributed by atoms with van der Waals surface area (Å²) in [4.78, 5) is 44.6. The Bertz CT molecular complexity index is 1130. The van der Waals surface area contributed by atoms with Gasteiger partial charge in [-0.05, 0) is 0 Å². The maximum absolute atomic E-state index is 12.2. The minimum Gasteiger partial charge on any atom is -0.388 e. The van der Waals surface area contributed by atoms with Crippen molar-refractivity contribution in [2.45, 2.75) is 55.2 Å². The first-order valence-electron chi connectivity index (χ1n) is 10.1. The predicted molar refractivity (Wildman–Crippen MR) is 111 cm³/mol. The minimum atomic E-state index is -5.55. The Kier molecular flexibility index (Phi) is 9.05. The third-order valence-corrected chi connectivity index (χ3v) is 7.81. The maximum Gasteiger partial charge on any atom is 0.483 e. The van der Waals surface area contributed by atoms with Crippen molar-refractivity contribution >= 4 is 15.6 Å². The highest BCUT2D eigenvalue weighted by atomic mass is 31.3. The smallest absolute Gasteiger partial charge is 0.388 e. The second-order valence-corrected chi connectivity index (χ2v) is 10.7. The van der Waals surface area contributed by atoms with Crippen molar-refractivity contribution in [2.75, 3.05) is 13.2 Å². The number of nitrogens with zero attached hydrogens (tertiary/aromatic N) is 1. The van der Waals surface area contributed by atoms with Crippen LogP contribution in [0.2, 0.25) is 0 Å². The molecule has 2 aliphatic rings. The zero-order valence-electron chi connectivity index (χ0n) is 18.0. The molecule has 8 unspecified atom stereocenters. The fourth-order valence-corrected chi connectivity index (χ4v) is 5.55. The van der Waals surface area contributed by atoms with Gasteiger partial charge in [0.05, 0.1) is 6.61 Å². The van der Waals surface area contributed by atoms with E-state index in [2.05, 4.69) is 13.4 Å². The number of ether oxygens (including phenoxy) is 2. The molecule has 1 aromatic heterocycles. The van der Waals surface area contributed by atoms with E-state index < -0.39 is 95.3 Å². The summed E-state index contributed by atoms with van der Waals surface area (Å²) >= 11 is 0. The first-order chi connectivity index (χ1) is 16.7. The van der Waals surface area contributed by atoms with Gasteiger partial charge >= 0.3 is 21.3 Å². The van der Waals surface area contributed by atoms with Gasteiger partial charge in [-0.3, -0.25) is 23.4 Å². The van der Waals surface area contributed by atoms with Gasteiger partial charge in [-0.1, -0.05) is 0 Å². The van der Waals surface area contributed by atoms with Crippen molar-refractivity contribution in [3.63, 3.8) is 0 Å². The van der Waals surface area contributed by atoms with Crippen LogP contribution in [0.4, 0.5) is 0 Å². The number of aliphatic hydroxyl groups excluding tert-OH is 5. The van der Waals surface area contributed by atoms with Crippen LogP contribution in [0.25, 0.3) is 0 Å². The topological polar surface area (TPSA) is 303 Å². The number of phosphoric ester groups is 2. The van der Waals surface area contributed by atoms with E-state index in [1.807, 2.05) is 4.98 Å². The molecule has 2 saturated heterocycles. The highest BCUT2D eigenvalue weighted by Gasteiger charge is 2.49. The summed E-state index contributed by atoms with van der Waals surface area (Å²) in [6, 6.07) is 0.935. The third kappa shape index (κ3) is 6.54. The molecule has 10 N–H and O–H groups in total. The molecule has 11 atom stereocenters. The molecule has 0 radical (unpaired) electrons. The molecule has 21 heteroatoms. The number of H-pyrrole nitrogens is 1. The lowest BCUT2D eigenvalue weighted by atomic mass is 9.99. The van der Waals surface area contributed by atoms with Gasteiger partial charge in [0.25, 0.3) is 5.56 Å². The van der Waals surface area contributed by atoms with Crippen LogP contribution in [-0.4, -0.2) is 107 Å². The van der Waals surface area contributed by atoms with Crippen LogP contribution in [0, 0.1) is 0 Å². The summed E-state index contributed by atoms with van der Waals surface area (Å²) in [6.07, 6.45) is -14.8. The molecule has 0 amide bonds. The van der Waals surface area contributed by atoms with Gasteiger partial charge in [-0.25, -0.2) is 13.9 Å². The van der Waals surface area contributed by atoms with Gasteiger partial charge in [0.1, 0.15) is 42.7 Å². The summed E-state index contributed by atoms with van der Waals surface area (Å²) in [5, 5.41) is 49.6. The summed E-state index contributed by atoms with van der Waals surface area (Å²) in [6.45, 7) is -1.41. The summed E-state index contributed by atoms with van der Waals surface area (Å²) in [5.41, 5.74) is 3.59. The number of hydrogen-bond acceptors (Lipinski definition) is 15. The van der Waals surface area contributed by atoms with Crippen molar-refractivity contribution < 1.29 is 67.3 Å². The molecule has 19 nitrogen and oxygen atoms in total. The Morgan fingerprint density at radius 2 is 1.58 bits per heavy atom. The zero-order chi connectivity index (χ0) is 27.0. The number of aromatic nitrogens is 2. The molecule has 0 spiro atoms. The summed E-state index contributed by atoms with van der Waals surface area (Å²) in [7, 11) is -11.0. The van der Waals surface area contributed by atoms with Crippen molar-refractivity contribution in [3.8, 4) is 0 Å². The Hall–Kier alpha value is -1.38.